The average molecular weight is 304 g/mol. The molecule has 0 aliphatic carbocycles. The fourth-order valence-electron chi connectivity index (χ4n) is 1.74. The fourth-order valence-corrected chi connectivity index (χ4v) is 3.56. The molecular formula is C12H11Cl2NO2S. The van der Waals surface area contributed by atoms with Gasteiger partial charge in [0.2, 0.25) is 10.0 Å². The molecule has 0 radical (unpaired) electrons. The van der Waals surface area contributed by atoms with Gasteiger partial charge in [0.15, 0.2) is 0 Å². The molecule has 6 heteroatoms. The van der Waals surface area contributed by atoms with Gasteiger partial charge >= 0.3 is 0 Å². The SMILES string of the molecule is O=S(=O)(NCCCl)c1cccc2cccc(Cl)c12. The van der Waals surface area contributed by atoms with Crippen LogP contribution in [0.2, 0.25) is 5.02 Å². The van der Waals surface area contributed by atoms with E-state index in [9.17, 15) is 8.42 Å². The number of fused-ring (bicyclic) bond motifs is 1. The number of benzene rings is 2. The number of hydrogen-bond acceptors (Lipinski definition) is 2. The molecular weight excluding hydrogens is 293 g/mol. The number of rotatable bonds is 4. The summed E-state index contributed by atoms with van der Waals surface area (Å²) in [6.45, 7) is 0.185. The van der Waals surface area contributed by atoms with Crippen LogP contribution in [0.5, 0.6) is 0 Å². The second-order valence-electron chi connectivity index (χ2n) is 3.68. The van der Waals surface area contributed by atoms with Crippen LogP contribution in [0.25, 0.3) is 10.8 Å². The first kappa shape index (κ1) is 13.6. The summed E-state index contributed by atoms with van der Waals surface area (Å²) in [5, 5.41) is 1.74. The highest BCUT2D eigenvalue weighted by molar-refractivity contribution is 7.89. The molecule has 0 unspecified atom stereocenters. The molecule has 2 aromatic carbocycles. The van der Waals surface area contributed by atoms with Crippen LogP contribution in [0.15, 0.2) is 41.3 Å². The van der Waals surface area contributed by atoms with E-state index in [0.29, 0.717) is 10.4 Å². The monoisotopic (exact) mass is 303 g/mol. The van der Waals surface area contributed by atoms with Crippen LogP contribution in [0.1, 0.15) is 0 Å². The zero-order valence-electron chi connectivity index (χ0n) is 9.36. The summed E-state index contributed by atoms with van der Waals surface area (Å²) in [6.07, 6.45) is 0. The molecule has 0 bridgehead atoms. The van der Waals surface area contributed by atoms with Gasteiger partial charge in [-0.15, -0.1) is 11.6 Å². The Labute approximate surface area is 116 Å². The van der Waals surface area contributed by atoms with E-state index in [2.05, 4.69) is 4.72 Å². The maximum absolute atomic E-state index is 12.1. The zero-order valence-corrected chi connectivity index (χ0v) is 11.7. The number of hydrogen-bond donors (Lipinski definition) is 1. The van der Waals surface area contributed by atoms with Crippen molar-refractivity contribution in [2.24, 2.45) is 0 Å². The summed E-state index contributed by atoms with van der Waals surface area (Å²) in [5.74, 6) is 0.220. The average Bonchev–Trinajstić information content (AvgIpc) is 2.36. The van der Waals surface area contributed by atoms with E-state index in [-0.39, 0.29) is 17.3 Å². The first-order valence-electron chi connectivity index (χ1n) is 5.29. The van der Waals surface area contributed by atoms with Crippen molar-refractivity contribution < 1.29 is 8.42 Å². The Morgan fingerprint density at radius 3 is 2.44 bits per heavy atom. The maximum Gasteiger partial charge on any atom is 0.241 e. The molecule has 0 aliphatic rings. The van der Waals surface area contributed by atoms with Crippen molar-refractivity contribution in [1.29, 1.82) is 0 Å². The van der Waals surface area contributed by atoms with Gasteiger partial charge in [-0.25, -0.2) is 13.1 Å². The molecule has 18 heavy (non-hydrogen) atoms. The first-order chi connectivity index (χ1) is 8.56. The van der Waals surface area contributed by atoms with Crippen molar-refractivity contribution in [1.82, 2.24) is 4.72 Å². The molecule has 0 atom stereocenters. The number of halogens is 2. The molecule has 2 rings (SSSR count). The van der Waals surface area contributed by atoms with Crippen LogP contribution in [-0.2, 0) is 10.0 Å². The topological polar surface area (TPSA) is 46.2 Å². The van der Waals surface area contributed by atoms with Crippen LogP contribution in [0.3, 0.4) is 0 Å². The van der Waals surface area contributed by atoms with E-state index in [0.717, 1.165) is 5.39 Å². The number of sulfonamides is 1. The van der Waals surface area contributed by atoms with E-state index < -0.39 is 10.0 Å². The summed E-state index contributed by atoms with van der Waals surface area (Å²) in [7, 11) is -3.59. The first-order valence-corrected chi connectivity index (χ1v) is 7.69. The molecule has 2 aromatic rings. The van der Waals surface area contributed by atoms with Gasteiger partial charge in [0.05, 0.1) is 4.90 Å². The van der Waals surface area contributed by atoms with Crippen molar-refractivity contribution in [2.75, 3.05) is 12.4 Å². The van der Waals surface area contributed by atoms with Crippen molar-refractivity contribution in [3.63, 3.8) is 0 Å². The Hall–Kier alpha value is -0.810. The van der Waals surface area contributed by atoms with Crippen LogP contribution in [-0.4, -0.2) is 20.8 Å². The molecule has 96 valence electrons. The van der Waals surface area contributed by atoms with E-state index in [1.165, 1.54) is 6.07 Å². The van der Waals surface area contributed by atoms with Crippen LogP contribution >= 0.6 is 23.2 Å². The van der Waals surface area contributed by atoms with Crippen molar-refractivity contribution in [2.45, 2.75) is 4.90 Å². The minimum absolute atomic E-state index is 0.177. The smallest absolute Gasteiger partial charge is 0.210 e. The van der Waals surface area contributed by atoms with E-state index in [1.807, 2.05) is 12.1 Å². The molecule has 3 nitrogen and oxygen atoms in total. The van der Waals surface area contributed by atoms with Crippen LogP contribution in [0, 0.1) is 0 Å². The van der Waals surface area contributed by atoms with Crippen molar-refractivity contribution in [3.05, 3.63) is 41.4 Å². The molecule has 0 aliphatic heterocycles. The molecule has 0 aromatic heterocycles. The highest BCUT2D eigenvalue weighted by Crippen LogP contribution is 2.29. The van der Waals surface area contributed by atoms with E-state index in [1.54, 1.807) is 18.2 Å². The third-order valence-electron chi connectivity index (χ3n) is 2.49. The van der Waals surface area contributed by atoms with Gasteiger partial charge < -0.3 is 0 Å². The predicted molar refractivity (Wildman–Crippen MR) is 74.9 cm³/mol. The van der Waals surface area contributed by atoms with Crippen molar-refractivity contribution in [3.8, 4) is 0 Å². The van der Waals surface area contributed by atoms with Gasteiger partial charge in [-0.3, -0.25) is 0 Å². The molecule has 0 heterocycles. The van der Waals surface area contributed by atoms with Crippen molar-refractivity contribution >= 4 is 44.0 Å². The summed E-state index contributed by atoms with van der Waals surface area (Å²) in [5.41, 5.74) is 0. The van der Waals surface area contributed by atoms with Crippen LogP contribution in [0.4, 0.5) is 0 Å². The summed E-state index contributed by atoms with van der Waals surface area (Å²) >= 11 is 11.6. The lowest BCUT2D eigenvalue weighted by atomic mass is 10.1. The number of nitrogens with one attached hydrogen (secondary N) is 1. The second kappa shape index (κ2) is 5.45. The van der Waals surface area contributed by atoms with Gasteiger partial charge in [0.1, 0.15) is 0 Å². The minimum atomic E-state index is -3.59. The Balaban J connectivity index is 2.65. The largest absolute Gasteiger partial charge is 0.241 e. The lowest BCUT2D eigenvalue weighted by Gasteiger charge is -2.09. The second-order valence-corrected chi connectivity index (χ2v) is 6.20. The maximum atomic E-state index is 12.1. The third-order valence-corrected chi connectivity index (χ3v) is 4.50. The fraction of sp³-hybridized carbons (Fsp3) is 0.167. The quantitative estimate of drug-likeness (QED) is 0.883. The van der Waals surface area contributed by atoms with Gasteiger partial charge in [0, 0.05) is 22.8 Å². The van der Waals surface area contributed by atoms with Gasteiger partial charge in [0.25, 0.3) is 0 Å². The minimum Gasteiger partial charge on any atom is -0.210 e. The van der Waals surface area contributed by atoms with Gasteiger partial charge in [-0.1, -0.05) is 35.9 Å². The van der Waals surface area contributed by atoms with E-state index in [4.69, 9.17) is 23.2 Å². The molecule has 0 saturated carbocycles. The molecule has 0 fully saturated rings. The zero-order chi connectivity index (χ0) is 13.2. The number of alkyl halides is 1. The summed E-state index contributed by atoms with van der Waals surface area (Å²) in [6, 6.07) is 10.3. The third kappa shape index (κ3) is 2.62. The van der Waals surface area contributed by atoms with Gasteiger partial charge in [-0.05, 0) is 17.5 Å². The lowest BCUT2D eigenvalue weighted by Crippen LogP contribution is -2.25. The molecule has 1 N–H and O–H groups in total. The molecule has 0 spiro atoms. The molecule has 0 saturated heterocycles. The standard InChI is InChI=1S/C12H11Cl2NO2S/c13-7-8-15-18(16,17)11-6-2-4-9-3-1-5-10(14)12(9)11/h1-6,15H,7-8H2. The Morgan fingerprint density at radius 1 is 1.11 bits per heavy atom. The normalized spacial score (nSPS) is 11.9. The lowest BCUT2D eigenvalue weighted by molar-refractivity contribution is 0.585. The highest BCUT2D eigenvalue weighted by Gasteiger charge is 2.17. The Kier molecular flexibility index (Phi) is 4.12. The van der Waals surface area contributed by atoms with Gasteiger partial charge in [-0.2, -0.15) is 0 Å². The highest BCUT2D eigenvalue weighted by atomic mass is 35.5. The predicted octanol–water partition coefficient (Wildman–Crippen LogP) is 3.01. The Morgan fingerprint density at radius 2 is 1.78 bits per heavy atom. The van der Waals surface area contributed by atoms with Crippen LogP contribution < -0.4 is 4.72 Å². The summed E-state index contributed by atoms with van der Waals surface area (Å²) in [4.78, 5) is 0.177. The summed E-state index contributed by atoms with van der Waals surface area (Å²) < 4.78 is 26.7. The Bertz CT molecular complexity index is 666. The van der Waals surface area contributed by atoms with E-state index >= 15 is 0 Å². The molecule has 0 amide bonds.